The number of nitrogens with zero attached hydrogens (tertiary/aromatic N) is 2. The van der Waals surface area contributed by atoms with Crippen LogP contribution in [0.1, 0.15) is 50.3 Å². The fraction of sp³-hybridized carbons (Fsp3) is 0.500. The summed E-state index contributed by atoms with van der Waals surface area (Å²) in [4.78, 5) is 28.7. The minimum Gasteiger partial charge on any atom is -0.465 e. The number of carboxylic acid groups (broad SMARTS) is 1. The molecule has 1 aromatic heterocycles. The molecule has 2 aromatic carbocycles. The Labute approximate surface area is 217 Å². The fourth-order valence-electron chi connectivity index (χ4n) is 7.91. The Morgan fingerprint density at radius 2 is 1.65 bits per heavy atom. The van der Waals surface area contributed by atoms with E-state index in [1.165, 1.54) is 6.42 Å². The van der Waals surface area contributed by atoms with Crippen LogP contribution in [0.5, 0.6) is 0 Å². The maximum Gasteiger partial charge on any atom is 0.408 e. The van der Waals surface area contributed by atoms with Gasteiger partial charge in [0.1, 0.15) is 5.54 Å². The first kappa shape index (κ1) is 24.0. The molecule has 4 bridgehead atoms. The number of aromatic amines is 1. The summed E-state index contributed by atoms with van der Waals surface area (Å²) in [6.07, 6.45) is 5.58. The Kier molecular flexibility index (Phi) is 6.17. The highest BCUT2D eigenvalue weighted by Crippen LogP contribution is 2.56. The molecule has 1 unspecified atom stereocenters. The van der Waals surface area contributed by atoms with E-state index in [9.17, 15) is 14.7 Å². The van der Waals surface area contributed by atoms with Crippen molar-refractivity contribution in [1.82, 2.24) is 20.4 Å². The molecule has 4 aliphatic rings. The standard InChI is InChI=1S/C30H36N4O3/c1-30(18-26-24-9-5-6-10-25(24)32-33-26,28(35)31-12-11-19-7-3-2-4-8-19)34(29(36)37)27-22-14-20-13-21(16-22)17-23(27)15-20/h2-10,20-23,27H,11-18H2,1H3,(H,31,35)(H,32,33)(H,36,37). The number of fused-ring (bicyclic) bond motifs is 1. The van der Waals surface area contributed by atoms with Crippen LogP contribution >= 0.6 is 0 Å². The Balaban J connectivity index is 1.33. The molecule has 7 rings (SSSR count). The van der Waals surface area contributed by atoms with Crippen molar-refractivity contribution in [3.63, 3.8) is 0 Å². The van der Waals surface area contributed by atoms with E-state index >= 15 is 0 Å². The number of H-pyrrole nitrogens is 1. The van der Waals surface area contributed by atoms with Gasteiger partial charge in [0.25, 0.3) is 0 Å². The number of benzene rings is 2. The van der Waals surface area contributed by atoms with Gasteiger partial charge >= 0.3 is 6.09 Å². The van der Waals surface area contributed by atoms with E-state index in [-0.39, 0.29) is 18.4 Å². The summed E-state index contributed by atoms with van der Waals surface area (Å²) in [5.41, 5.74) is 1.49. The average molecular weight is 501 g/mol. The highest BCUT2D eigenvalue weighted by Gasteiger charge is 2.56. The largest absolute Gasteiger partial charge is 0.465 e. The lowest BCUT2D eigenvalue weighted by atomic mass is 9.53. The van der Waals surface area contributed by atoms with E-state index in [1.807, 2.05) is 61.5 Å². The SMILES string of the molecule is CC(Cc1[nH]nc2ccccc12)(C(=O)NCCc1ccccc1)N(C(=O)O)C1C2CC3CC(C2)CC1C3. The molecule has 1 atom stereocenters. The molecule has 4 aliphatic carbocycles. The quantitative estimate of drug-likeness (QED) is 0.404. The van der Waals surface area contributed by atoms with Crippen molar-refractivity contribution in [3.05, 3.63) is 65.9 Å². The van der Waals surface area contributed by atoms with Crippen LogP contribution in [0.4, 0.5) is 4.79 Å². The number of carbonyl (C=O) groups is 2. The second-order valence-electron chi connectivity index (χ2n) is 11.7. The van der Waals surface area contributed by atoms with Gasteiger partial charge in [-0.25, -0.2) is 4.79 Å². The van der Waals surface area contributed by atoms with Crippen LogP contribution in [0, 0.1) is 23.7 Å². The van der Waals surface area contributed by atoms with E-state index in [4.69, 9.17) is 0 Å². The van der Waals surface area contributed by atoms with Crippen LogP contribution < -0.4 is 5.32 Å². The van der Waals surface area contributed by atoms with Crippen LogP contribution in [-0.4, -0.2) is 50.3 Å². The first-order valence-electron chi connectivity index (χ1n) is 13.7. The van der Waals surface area contributed by atoms with Crippen molar-refractivity contribution < 1.29 is 14.7 Å². The molecule has 0 radical (unpaired) electrons. The highest BCUT2D eigenvalue weighted by atomic mass is 16.4. The number of aromatic nitrogens is 2. The predicted octanol–water partition coefficient (Wildman–Crippen LogP) is 5.03. The molecule has 4 fully saturated rings. The van der Waals surface area contributed by atoms with Gasteiger partial charge in [0.05, 0.1) is 5.52 Å². The van der Waals surface area contributed by atoms with Crippen LogP contribution in [0.3, 0.4) is 0 Å². The summed E-state index contributed by atoms with van der Waals surface area (Å²) in [6.45, 7) is 2.27. The summed E-state index contributed by atoms with van der Waals surface area (Å²) in [7, 11) is 0. The Hall–Kier alpha value is -3.35. The minimum absolute atomic E-state index is 0.121. The topological polar surface area (TPSA) is 98.3 Å². The molecular formula is C30H36N4O3. The van der Waals surface area contributed by atoms with Gasteiger partial charge in [-0.1, -0.05) is 48.5 Å². The Morgan fingerprint density at radius 3 is 2.32 bits per heavy atom. The lowest BCUT2D eigenvalue weighted by molar-refractivity contribution is -0.140. The average Bonchev–Trinajstić information content (AvgIpc) is 3.28. The van der Waals surface area contributed by atoms with Crippen molar-refractivity contribution in [2.75, 3.05) is 6.54 Å². The lowest BCUT2D eigenvalue weighted by Gasteiger charge is -2.59. The molecule has 37 heavy (non-hydrogen) atoms. The van der Waals surface area contributed by atoms with Crippen molar-refractivity contribution >= 4 is 22.9 Å². The minimum atomic E-state index is -1.27. The second kappa shape index (κ2) is 9.51. The van der Waals surface area contributed by atoms with Gasteiger partial charge in [-0.2, -0.15) is 5.10 Å². The molecule has 1 heterocycles. The van der Waals surface area contributed by atoms with E-state index < -0.39 is 11.6 Å². The first-order chi connectivity index (χ1) is 17.9. The van der Waals surface area contributed by atoms with E-state index in [0.29, 0.717) is 24.8 Å². The van der Waals surface area contributed by atoms with E-state index in [2.05, 4.69) is 15.5 Å². The maximum absolute atomic E-state index is 14.0. The molecule has 0 saturated heterocycles. The van der Waals surface area contributed by atoms with Gasteiger partial charge in [0.2, 0.25) is 5.91 Å². The lowest BCUT2D eigenvalue weighted by Crippen LogP contribution is -2.68. The fourth-order valence-corrected chi connectivity index (χ4v) is 7.91. The van der Waals surface area contributed by atoms with Crippen LogP contribution in [0.2, 0.25) is 0 Å². The number of para-hydroxylation sites is 1. The van der Waals surface area contributed by atoms with Gasteiger partial charge in [0, 0.05) is 30.1 Å². The molecule has 4 saturated carbocycles. The van der Waals surface area contributed by atoms with Gasteiger partial charge < -0.3 is 10.4 Å². The van der Waals surface area contributed by atoms with Crippen molar-refractivity contribution in [2.45, 2.75) is 63.5 Å². The third-order valence-electron chi connectivity index (χ3n) is 9.31. The molecule has 2 amide bonds. The number of carbonyl (C=O) groups excluding carboxylic acids is 1. The smallest absolute Gasteiger partial charge is 0.408 e. The molecule has 194 valence electrons. The van der Waals surface area contributed by atoms with E-state index in [0.717, 1.165) is 59.7 Å². The molecule has 3 aromatic rings. The van der Waals surface area contributed by atoms with Crippen molar-refractivity contribution in [3.8, 4) is 0 Å². The zero-order valence-corrected chi connectivity index (χ0v) is 21.4. The third kappa shape index (κ3) is 4.38. The van der Waals surface area contributed by atoms with Crippen molar-refractivity contribution in [2.24, 2.45) is 23.7 Å². The molecule has 7 nitrogen and oxygen atoms in total. The zero-order valence-electron chi connectivity index (χ0n) is 21.4. The molecule has 7 heteroatoms. The van der Waals surface area contributed by atoms with Gasteiger partial charge in [-0.05, 0) is 80.8 Å². The highest BCUT2D eigenvalue weighted by molar-refractivity contribution is 5.91. The van der Waals surface area contributed by atoms with Gasteiger partial charge in [-0.3, -0.25) is 14.8 Å². The zero-order chi connectivity index (χ0) is 25.6. The number of hydrogen-bond acceptors (Lipinski definition) is 3. The summed E-state index contributed by atoms with van der Waals surface area (Å²) in [6, 6.07) is 17.7. The number of hydrogen-bond donors (Lipinski definition) is 3. The monoisotopic (exact) mass is 500 g/mol. The molecule has 0 spiro atoms. The number of amides is 2. The summed E-state index contributed by atoms with van der Waals surface area (Å²) in [5, 5.41) is 22.3. The summed E-state index contributed by atoms with van der Waals surface area (Å²) < 4.78 is 0. The number of rotatable bonds is 8. The van der Waals surface area contributed by atoms with E-state index in [1.54, 1.807) is 4.90 Å². The summed E-state index contributed by atoms with van der Waals surface area (Å²) in [5.74, 6) is 1.87. The Bertz CT molecular complexity index is 1260. The normalized spacial score (nSPS) is 27.6. The van der Waals surface area contributed by atoms with Crippen LogP contribution in [0.25, 0.3) is 10.9 Å². The maximum atomic E-state index is 14.0. The molecule has 0 aliphatic heterocycles. The van der Waals surface area contributed by atoms with Gasteiger partial charge in [0.15, 0.2) is 0 Å². The Morgan fingerprint density at radius 1 is 1.00 bits per heavy atom. The third-order valence-corrected chi connectivity index (χ3v) is 9.31. The predicted molar refractivity (Wildman–Crippen MR) is 142 cm³/mol. The summed E-state index contributed by atoms with van der Waals surface area (Å²) >= 11 is 0. The van der Waals surface area contributed by atoms with Crippen LogP contribution in [0.15, 0.2) is 54.6 Å². The molecular weight excluding hydrogens is 464 g/mol. The van der Waals surface area contributed by atoms with Crippen molar-refractivity contribution in [1.29, 1.82) is 0 Å². The van der Waals surface area contributed by atoms with Gasteiger partial charge in [-0.15, -0.1) is 0 Å². The first-order valence-corrected chi connectivity index (χ1v) is 13.7. The molecule has 3 N–H and O–H groups in total. The van der Waals surface area contributed by atoms with Crippen LogP contribution in [-0.2, 0) is 17.6 Å². The number of nitrogens with one attached hydrogen (secondary N) is 2. The second-order valence-corrected chi connectivity index (χ2v) is 11.7.